The van der Waals surface area contributed by atoms with Crippen LogP contribution in [0.25, 0.3) is 0 Å². The van der Waals surface area contributed by atoms with Crippen LogP contribution >= 0.6 is 0 Å². The number of likely N-dealkylation sites (tertiary alicyclic amines) is 1. The molecule has 2 heterocycles. The maximum atomic E-state index is 12.9. The normalized spacial score (nSPS) is 30.2. The summed E-state index contributed by atoms with van der Waals surface area (Å²) in [6.45, 7) is 0.961. The molecule has 0 spiro atoms. The van der Waals surface area contributed by atoms with E-state index in [-0.39, 0.29) is 24.5 Å². The molecule has 2 fully saturated rings. The van der Waals surface area contributed by atoms with Gasteiger partial charge in [0.05, 0.1) is 17.6 Å². The molecule has 0 aromatic carbocycles. The van der Waals surface area contributed by atoms with Crippen molar-refractivity contribution >= 4 is 5.91 Å². The van der Waals surface area contributed by atoms with Crippen molar-refractivity contribution < 1.29 is 9.90 Å². The van der Waals surface area contributed by atoms with Gasteiger partial charge in [0.15, 0.2) is 0 Å². The van der Waals surface area contributed by atoms with Crippen molar-refractivity contribution in [3.05, 3.63) is 23.3 Å². The number of aryl methyl sites for hydroxylation is 2. The van der Waals surface area contributed by atoms with Crippen molar-refractivity contribution in [1.29, 1.82) is 0 Å². The van der Waals surface area contributed by atoms with Crippen molar-refractivity contribution in [1.82, 2.24) is 14.9 Å². The maximum Gasteiger partial charge on any atom is 0.274 e. The molecule has 1 saturated heterocycles. The van der Waals surface area contributed by atoms with Gasteiger partial charge in [-0.1, -0.05) is 6.42 Å². The van der Waals surface area contributed by atoms with Crippen LogP contribution in [0.3, 0.4) is 0 Å². The highest BCUT2D eigenvalue weighted by atomic mass is 16.3. The van der Waals surface area contributed by atoms with Crippen LogP contribution in [0.5, 0.6) is 0 Å². The summed E-state index contributed by atoms with van der Waals surface area (Å²) in [5.74, 6) is 0.718. The van der Waals surface area contributed by atoms with Crippen LogP contribution in [0.15, 0.2) is 6.20 Å². The Bertz CT molecular complexity index is 589. The monoisotopic (exact) mass is 301 g/mol. The fraction of sp³-hybridized carbons (Fsp3) is 0.706. The number of aliphatic hydroxyl groups excluding tert-OH is 1. The van der Waals surface area contributed by atoms with E-state index in [1.807, 2.05) is 4.90 Å². The summed E-state index contributed by atoms with van der Waals surface area (Å²) >= 11 is 0. The van der Waals surface area contributed by atoms with Gasteiger partial charge in [0.2, 0.25) is 0 Å². The van der Waals surface area contributed by atoms with E-state index in [4.69, 9.17) is 0 Å². The van der Waals surface area contributed by atoms with E-state index in [0.29, 0.717) is 11.6 Å². The van der Waals surface area contributed by atoms with Gasteiger partial charge in [0.1, 0.15) is 5.69 Å². The lowest BCUT2D eigenvalue weighted by molar-refractivity contribution is 0.0672. The topological polar surface area (TPSA) is 66.3 Å². The lowest BCUT2D eigenvalue weighted by Crippen LogP contribution is -2.39. The summed E-state index contributed by atoms with van der Waals surface area (Å²) in [5, 5.41) is 9.63. The molecule has 22 heavy (non-hydrogen) atoms. The minimum absolute atomic E-state index is 0.00808. The third kappa shape index (κ3) is 2.22. The molecule has 1 N–H and O–H groups in total. The highest BCUT2D eigenvalue weighted by Crippen LogP contribution is 2.40. The molecule has 2 bridgehead atoms. The van der Waals surface area contributed by atoms with Gasteiger partial charge < -0.3 is 10.0 Å². The molecule has 118 valence electrons. The van der Waals surface area contributed by atoms with Crippen LogP contribution in [-0.2, 0) is 12.8 Å². The fourth-order valence-electron chi connectivity index (χ4n) is 4.53. The molecule has 1 aromatic heterocycles. The molecule has 3 atom stereocenters. The van der Waals surface area contributed by atoms with Crippen LogP contribution in [0, 0.1) is 11.8 Å². The Labute approximate surface area is 130 Å². The van der Waals surface area contributed by atoms with Crippen molar-refractivity contribution in [3.63, 3.8) is 0 Å². The first-order chi connectivity index (χ1) is 10.8. The number of hydrogen-bond donors (Lipinski definition) is 1. The number of carbonyl (C=O) groups is 1. The Morgan fingerprint density at radius 3 is 2.82 bits per heavy atom. The van der Waals surface area contributed by atoms with E-state index in [0.717, 1.165) is 56.5 Å². The van der Waals surface area contributed by atoms with E-state index < -0.39 is 0 Å². The lowest BCUT2D eigenvalue weighted by Gasteiger charge is -2.30. The summed E-state index contributed by atoms with van der Waals surface area (Å²) in [7, 11) is 0. The zero-order chi connectivity index (χ0) is 15.1. The van der Waals surface area contributed by atoms with Gasteiger partial charge in [-0.2, -0.15) is 0 Å². The van der Waals surface area contributed by atoms with Crippen molar-refractivity contribution in [3.8, 4) is 0 Å². The second-order valence-electron chi connectivity index (χ2n) is 6.92. The maximum absolute atomic E-state index is 12.9. The molecular weight excluding hydrogens is 278 g/mol. The summed E-state index contributed by atoms with van der Waals surface area (Å²) in [4.78, 5) is 23.9. The molecule has 0 radical (unpaired) electrons. The third-order valence-corrected chi connectivity index (χ3v) is 5.71. The minimum atomic E-state index is 0.00808. The first kappa shape index (κ1) is 14.1. The van der Waals surface area contributed by atoms with Gasteiger partial charge >= 0.3 is 0 Å². The number of carbonyl (C=O) groups excluding carboxylic acids is 1. The van der Waals surface area contributed by atoms with E-state index in [1.54, 1.807) is 6.20 Å². The van der Waals surface area contributed by atoms with Crippen molar-refractivity contribution in [2.75, 3.05) is 13.2 Å². The van der Waals surface area contributed by atoms with Crippen LogP contribution in [0.4, 0.5) is 0 Å². The van der Waals surface area contributed by atoms with Crippen molar-refractivity contribution in [2.45, 2.75) is 51.0 Å². The first-order valence-corrected chi connectivity index (χ1v) is 8.54. The van der Waals surface area contributed by atoms with Gasteiger partial charge in [-0.15, -0.1) is 0 Å². The predicted octanol–water partition coefficient (Wildman–Crippen LogP) is 1.59. The average Bonchev–Trinajstić information content (AvgIpc) is 2.77. The minimum Gasteiger partial charge on any atom is -0.396 e. The number of aromatic nitrogens is 2. The van der Waals surface area contributed by atoms with Gasteiger partial charge in [0, 0.05) is 25.1 Å². The molecule has 1 saturated carbocycles. The zero-order valence-corrected chi connectivity index (χ0v) is 12.9. The number of hydrogen-bond acceptors (Lipinski definition) is 4. The van der Waals surface area contributed by atoms with Gasteiger partial charge in [0.25, 0.3) is 5.91 Å². The molecule has 1 aliphatic heterocycles. The molecule has 2 aliphatic carbocycles. The molecule has 3 aliphatic rings. The second kappa shape index (κ2) is 5.61. The lowest BCUT2D eigenvalue weighted by atomic mass is 9.80. The summed E-state index contributed by atoms with van der Waals surface area (Å²) in [6, 6.07) is 0.189. The van der Waals surface area contributed by atoms with Crippen LogP contribution in [0.2, 0.25) is 0 Å². The Morgan fingerprint density at radius 1 is 1.23 bits per heavy atom. The molecule has 1 amide bonds. The SMILES string of the molecule is O=C(c1cnc2c(n1)CCCC2)N1CC2CCCC1C2CO. The molecule has 5 heteroatoms. The Kier molecular flexibility index (Phi) is 3.60. The number of nitrogens with zero attached hydrogens (tertiary/aromatic N) is 3. The summed E-state index contributed by atoms with van der Waals surface area (Å²) in [6.07, 6.45) is 9.18. The summed E-state index contributed by atoms with van der Waals surface area (Å²) < 4.78 is 0. The highest BCUT2D eigenvalue weighted by Gasteiger charge is 2.46. The standard InChI is InChI=1S/C17H23N3O2/c21-10-12-11-4-3-7-16(12)20(9-11)17(22)15-8-18-13-5-1-2-6-14(13)19-15/h8,11-12,16,21H,1-7,9-10H2. The average molecular weight is 301 g/mol. The first-order valence-electron chi connectivity index (χ1n) is 8.54. The van der Waals surface area contributed by atoms with Crippen LogP contribution in [0.1, 0.15) is 54.0 Å². The van der Waals surface area contributed by atoms with Crippen LogP contribution < -0.4 is 0 Å². The quantitative estimate of drug-likeness (QED) is 0.901. The fourth-order valence-corrected chi connectivity index (χ4v) is 4.53. The highest BCUT2D eigenvalue weighted by molar-refractivity contribution is 5.92. The number of aliphatic hydroxyl groups is 1. The Morgan fingerprint density at radius 2 is 2.05 bits per heavy atom. The van der Waals surface area contributed by atoms with E-state index >= 15 is 0 Å². The second-order valence-corrected chi connectivity index (χ2v) is 6.92. The van der Waals surface area contributed by atoms with Crippen molar-refractivity contribution in [2.24, 2.45) is 11.8 Å². The zero-order valence-electron chi connectivity index (χ0n) is 12.9. The molecular formula is C17H23N3O2. The number of amides is 1. The van der Waals surface area contributed by atoms with Gasteiger partial charge in [-0.3, -0.25) is 9.78 Å². The van der Waals surface area contributed by atoms with E-state index in [1.165, 1.54) is 6.42 Å². The molecule has 4 rings (SSSR count). The largest absolute Gasteiger partial charge is 0.396 e. The van der Waals surface area contributed by atoms with Gasteiger partial charge in [-0.05, 0) is 44.4 Å². The Hall–Kier alpha value is -1.49. The predicted molar refractivity (Wildman–Crippen MR) is 81.4 cm³/mol. The summed E-state index contributed by atoms with van der Waals surface area (Å²) in [5.41, 5.74) is 2.57. The van der Waals surface area contributed by atoms with E-state index in [9.17, 15) is 9.90 Å². The molecule has 5 nitrogen and oxygen atoms in total. The van der Waals surface area contributed by atoms with E-state index in [2.05, 4.69) is 9.97 Å². The smallest absolute Gasteiger partial charge is 0.274 e. The molecule has 1 aromatic rings. The molecule has 3 unspecified atom stereocenters. The Balaban J connectivity index is 1.59. The third-order valence-electron chi connectivity index (χ3n) is 5.71. The number of fused-ring (bicyclic) bond motifs is 3. The van der Waals surface area contributed by atoms with Crippen LogP contribution in [-0.4, -0.2) is 45.1 Å². The number of rotatable bonds is 2. The van der Waals surface area contributed by atoms with Gasteiger partial charge in [-0.25, -0.2) is 4.98 Å².